The van der Waals surface area contributed by atoms with Crippen LogP contribution in [0.5, 0.6) is 0 Å². The molecule has 6 rings (SSSR count). The van der Waals surface area contributed by atoms with Crippen LogP contribution in [0.1, 0.15) is 70.2 Å². The van der Waals surface area contributed by atoms with Gasteiger partial charge in [0.05, 0.1) is 0 Å². The van der Waals surface area contributed by atoms with Crippen LogP contribution in [0.2, 0.25) is 0 Å². The summed E-state index contributed by atoms with van der Waals surface area (Å²) >= 11 is 0. The third-order valence-electron chi connectivity index (χ3n) is 7.96. The van der Waals surface area contributed by atoms with Gasteiger partial charge in [-0.15, -0.1) is 69.1 Å². The molecule has 6 aromatic carbocycles. The van der Waals surface area contributed by atoms with Crippen LogP contribution >= 0.6 is 0 Å². The van der Waals surface area contributed by atoms with E-state index in [1.165, 1.54) is 66.1 Å². The molecule has 46 heavy (non-hydrogen) atoms. The van der Waals surface area contributed by atoms with E-state index in [1.54, 1.807) is 0 Å². The van der Waals surface area contributed by atoms with E-state index < -0.39 is 0 Å². The molecule has 0 radical (unpaired) electrons. The smallest absolute Gasteiger partial charge is 1.00 e. The van der Waals surface area contributed by atoms with E-state index in [-0.39, 0.29) is 61.8 Å². The second-order valence-electron chi connectivity index (χ2n) is 13.7. The van der Waals surface area contributed by atoms with Crippen LogP contribution in [-0.2, 0) is 37.0 Å². The Morgan fingerprint density at radius 1 is 0.522 bits per heavy atom. The molecule has 0 aliphatic heterocycles. The summed E-state index contributed by atoms with van der Waals surface area (Å²) in [5, 5.41) is 5.41. The summed E-state index contributed by atoms with van der Waals surface area (Å²) in [6.07, 6.45) is 0.750. The zero-order chi connectivity index (χ0) is 31.4. The Bertz CT molecular complexity index is 1640. The summed E-state index contributed by atoms with van der Waals surface area (Å²) in [6.45, 7) is 24.6. The van der Waals surface area contributed by atoms with Gasteiger partial charge in [-0.1, -0.05) is 124 Å². The maximum atomic E-state index is 3.38. The van der Waals surface area contributed by atoms with Gasteiger partial charge in [0.15, 0.2) is 0 Å². The monoisotopic (exact) mass is 724 g/mol. The van der Waals surface area contributed by atoms with Crippen molar-refractivity contribution in [3.63, 3.8) is 0 Å². The molecule has 242 valence electrons. The minimum absolute atomic E-state index is 0. The molecule has 0 N–H and O–H groups in total. The zero-order valence-corrected chi connectivity index (χ0v) is 32.7. The van der Waals surface area contributed by atoms with Crippen molar-refractivity contribution in [1.29, 1.82) is 0 Å². The van der Waals surface area contributed by atoms with Crippen molar-refractivity contribution >= 4 is 21.5 Å². The van der Waals surface area contributed by atoms with Crippen LogP contribution in [0.3, 0.4) is 0 Å². The molecule has 0 unspecified atom stereocenters. The Morgan fingerprint density at radius 3 is 1.11 bits per heavy atom. The maximum absolute atomic E-state index is 3.38. The summed E-state index contributed by atoms with van der Waals surface area (Å²) in [4.78, 5) is 0. The van der Waals surface area contributed by atoms with Crippen LogP contribution in [0, 0.1) is 27.7 Å². The molecule has 0 nitrogen and oxygen atoms in total. The predicted molar refractivity (Wildman–Crippen MR) is 192 cm³/mol. The van der Waals surface area contributed by atoms with E-state index in [0.717, 1.165) is 6.42 Å². The normalized spacial score (nSPS) is 10.8. The molecule has 0 aromatic heterocycles. The second-order valence-corrected chi connectivity index (χ2v) is 13.7. The van der Waals surface area contributed by atoms with Crippen LogP contribution in [0.25, 0.3) is 43.8 Å². The Kier molecular flexibility index (Phi) is 15.9. The molecule has 0 atom stereocenters. The average Bonchev–Trinajstić information content (AvgIpc) is 3.60. The number of halogens is 2. The van der Waals surface area contributed by atoms with E-state index in [9.17, 15) is 0 Å². The van der Waals surface area contributed by atoms with Crippen molar-refractivity contribution in [2.75, 3.05) is 0 Å². The quantitative estimate of drug-likeness (QED) is 0.174. The van der Waals surface area contributed by atoms with Gasteiger partial charge in [-0.2, -0.15) is 12.1 Å². The summed E-state index contributed by atoms with van der Waals surface area (Å²) in [6, 6.07) is 40.1. The fraction of sp³-hybridized carbons (Fsp3) is 0.256. The van der Waals surface area contributed by atoms with Crippen LogP contribution in [-0.4, -0.2) is 0 Å². The largest absolute Gasteiger partial charge is 2.00 e. The van der Waals surface area contributed by atoms with Crippen LogP contribution in [0.15, 0.2) is 109 Å². The number of rotatable bonds is 2. The first-order valence-corrected chi connectivity index (χ1v) is 15.4. The molecular weight excluding hydrogens is 679 g/mol. The molecule has 0 amide bonds. The third kappa shape index (κ3) is 10.3. The van der Waals surface area contributed by atoms with Crippen LogP contribution in [0.4, 0.5) is 0 Å². The fourth-order valence-corrected chi connectivity index (χ4v) is 5.31. The minimum Gasteiger partial charge on any atom is -1.00 e. The Labute approximate surface area is 310 Å². The van der Waals surface area contributed by atoms with Crippen molar-refractivity contribution in [1.82, 2.24) is 0 Å². The van der Waals surface area contributed by atoms with E-state index in [2.05, 4.69) is 178 Å². The summed E-state index contributed by atoms with van der Waals surface area (Å²) in [7, 11) is 0. The molecule has 0 bridgehead atoms. The molecule has 6 aromatic rings. The van der Waals surface area contributed by atoms with Gasteiger partial charge in [0.2, 0.25) is 0 Å². The molecule has 0 aliphatic rings. The Balaban J connectivity index is 0.000000400. The van der Waals surface area contributed by atoms with E-state index in [1.807, 2.05) is 0 Å². The Morgan fingerprint density at radius 2 is 0.826 bits per heavy atom. The molecule has 0 saturated carbocycles. The van der Waals surface area contributed by atoms with Crippen molar-refractivity contribution in [3.8, 4) is 22.3 Å². The van der Waals surface area contributed by atoms with Gasteiger partial charge in [-0.25, -0.2) is 0 Å². The van der Waals surface area contributed by atoms with Gasteiger partial charge < -0.3 is 45.1 Å². The van der Waals surface area contributed by atoms with Gasteiger partial charge in [0, 0.05) is 0 Å². The molecule has 0 aliphatic carbocycles. The molecule has 0 spiro atoms. The topological polar surface area (TPSA) is 0 Å². The standard InChI is InChI=1S/2C20H21.C3H6.2ClH.Zr/c2*1-14-8-10-15(11-9-14)18-7-5-6-16-12-17(13-19(16)18)20(2,3)4;1-3-2;;;/h2*5-13H,1-4H3;1-3H2;2*1H;/q2*-1;-2;;;+2/p-2. The van der Waals surface area contributed by atoms with Crippen molar-refractivity contribution in [2.24, 2.45) is 0 Å². The molecule has 0 heterocycles. The van der Waals surface area contributed by atoms with Gasteiger partial charge in [0.25, 0.3) is 0 Å². The third-order valence-corrected chi connectivity index (χ3v) is 7.96. The summed E-state index contributed by atoms with van der Waals surface area (Å²) in [5.74, 6) is 0. The molecular formula is C43H48Cl2Zr-4. The fourth-order valence-electron chi connectivity index (χ4n) is 5.31. The second kappa shape index (κ2) is 17.6. The number of aryl methyl sites for hydroxylation is 2. The van der Waals surface area contributed by atoms with E-state index in [0.29, 0.717) is 0 Å². The number of fused-ring (bicyclic) bond motifs is 2. The van der Waals surface area contributed by atoms with Crippen LogP contribution < -0.4 is 24.8 Å². The van der Waals surface area contributed by atoms with Gasteiger partial charge in [0.1, 0.15) is 0 Å². The summed E-state index contributed by atoms with van der Waals surface area (Å²) < 4.78 is 0. The predicted octanol–water partition coefficient (Wildman–Crippen LogP) is 6.71. The van der Waals surface area contributed by atoms with Crippen molar-refractivity contribution in [2.45, 2.75) is 72.6 Å². The summed E-state index contributed by atoms with van der Waals surface area (Å²) in [5.41, 5.74) is 11.1. The van der Waals surface area contributed by atoms with E-state index >= 15 is 0 Å². The number of hydrogen-bond acceptors (Lipinski definition) is 0. The number of benzene rings is 4. The minimum atomic E-state index is 0. The zero-order valence-electron chi connectivity index (χ0n) is 28.8. The van der Waals surface area contributed by atoms with Crippen molar-refractivity contribution < 1.29 is 51.0 Å². The Hall–Kier alpha value is -2.44. The number of hydrogen-bond donors (Lipinski definition) is 0. The van der Waals surface area contributed by atoms with Gasteiger partial charge in [-0.05, 0) is 35.8 Å². The average molecular weight is 727 g/mol. The first kappa shape index (κ1) is 41.6. The molecule has 0 fully saturated rings. The molecule has 0 saturated heterocycles. The van der Waals surface area contributed by atoms with Crippen molar-refractivity contribution in [3.05, 3.63) is 145 Å². The molecule has 3 heteroatoms. The van der Waals surface area contributed by atoms with Gasteiger partial charge >= 0.3 is 26.2 Å². The maximum Gasteiger partial charge on any atom is 2.00 e. The first-order valence-electron chi connectivity index (χ1n) is 15.4. The van der Waals surface area contributed by atoms with E-state index in [4.69, 9.17) is 0 Å². The first-order chi connectivity index (χ1) is 20.3. The van der Waals surface area contributed by atoms with Gasteiger partial charge in [-0.3, -0.25) is 0 Å². The SMILES string of the molecule is Cc1ccc(-c2cccc3[cH-]c(C(C)(C)C)cc23)cc1.Cc1ccc(-c2cccc3[cH-]c(C(C)(C)C)cc23)cc1.[CH2-]C[CH2-].[Cl-].[Cl-].[Zr+2].